The Kier molecular flexibility index (Phi) is 5.33. The number of aryl methyl sites for hydroxylation is 2. The third-order valence-electron chi connectivity index (χ3n) is 2.55. The summed E-state index contributed by atoms with van der Waals surface area (Å²) < 4.78 is 5.68. The van der Waals surface area contributed by atoms with E-state index in [2.05, 4.69) is 39.0 Å². The molecule has 0 aromatic heterocycles. The zero-order valence-electron chi connectivity index (χ0n) is 10.6. The van der Waals surface area contributed by atoms with E-state index in [4.69, 9.17) is 10.5 Å². The maximum absolute atomic E-state index is 5.68. The average molecular weight is 221 g/mol. The summed E-state index contributed by atoms with van der Waals surface area (Å²) in [7, 11) is 0. The largest absolute Gasteiger partial charge is 0.493 e. The van der Waals surface area contributed by atoms with Crippen LogP contribution in [0.3, 0.4) is 0 Å². The number of hydrogen-bond acceptors (Lipinski definition) is 2. The Bertz CT molecular complexity index is 321. The molecule has 0 radical (unpaired) electrons. The van der Waals surface area contributed by atoms with Gasteiger partial charge in [0.15, 0.2) is 0 Å². The highest BCUT2D eigenvalue weighted by Gasteiger charge is 2.01. The van der Waals surface area contributed by atoms with Crippen molar-refractivity contribution in [2.45, 2.75) is 33.6 Å². The molecule has 0 unspecified atom stereocenters. The third-order valence-corrected chi connectivity index (χ3v) is 2.55. The van der Waals surface area contributed by atoms with E-state index in [-0.39, 0.29) is 0 Å². The second-order valence-corrected chi connectivity index (χ2v) is 4.69. The highest BCUT2D eigenvalue weighted by atomic mass is 16.5. The van der Waals surface area contributed by atoms with Gasteiger partial charge in [0.05, 0.1) is 6.61 Å². The van der Waals surface area contributed by atoms with E-state index in [0.29, 0.717) is 5.92 Å². The van der Waals surface area contributed by atoms with Gasteiger partial charge in [0.25, 0.3) is 0 Å². The Balaban J connectivity index is 2.59. The lowest BCUT2D eigenvalue weighted by Gasteiger charge is -2.11. The zero-order valence-corrected chi connectivity index (χ0v) is 10.6. The molecule has 1 rings (SSSR count). The monoisotopic (exact) mass is 221 g/mol. The highest BCUT2D eigenvalue weighted by molar-refractivity contribution is 5.34. The van der Waals surface area contributed by atoms with E-state index >= 15 is 0 Å². The minimum absolute atomic E-state index is 0.567. The fraction of sp³-hybridized carbons (Fsp3) is 0.571. The Morgan fingerprint density at radius 3 is 2.62 bits per heavy atom. The standard InChI is InChI=1S/C14H23NO/c1-11(2)10-16-14-7-6-13(5-4-8-15)12(3)9-14/h6-7,9,11H,4-5,8,10,15H2,1-3H3. The van der Waals surface area contributed by atoms with Crippen LogP contribution in [0.5, 0.6) is 5.75 Å². The molecule has 1 aromatic rings. The molecule has 0 atom stereocenters. The summed E-state index contributed by atoms with van der Waals surface area (Å²) in [5.41, 5.74) is 8.19. The molecule has 0 fully saturated rings. The van der Waals surface area contributed by atoms with Gasteiger partial charge >= 0.3 is 0 Å². The summed E-state index contributed by atoms with van der Waals surface area (Å²) in [5.74, 6) is 1.54. The van der Waals surface area contributed by atoms with Crippen molar-refractivity contribution in [3.63, 3.8) is 0 Å². The molecule has 0 aliphatic heterocycles. The fourth-order valence-corrected chi connectivity index (χ4v) is 1.59. The van der Waals surface area contributed by atoms with Crippen molar-refractivity contribution in [2.75, 3.05) is 13.2 Å². The van der Waals surface area contributed by atoms with Gasteiger partial charge in [-0.25, -0.2) is 0 Å². The van der Waals surface area contributed by atoms with Gasteiger partial charge in [-0.2, -0.15) is 0 Å². The van der Waals surface area contributed by atoms with Crippen molar-refractivity contribution >= 4 is 0 Å². The van der Waals surface area contributed by atoms with Gasteiger partial charge in [0, 0.05) is 0 Å². The van der Waals surface area contributed by atoms with Gasteiger partial charge in [-0.05, 0) is 55.5 Å². The van der Waals surface area contributed by atoms with Crippen LogP contribution in [-0.2, 0) is 6.42 Å². The minimum Gasteiger partial charge on any atom is -0.493 e. The van der Waals surface area contributed by atoms with Crippen LogP contribution in [0, 0.1) is 12.8 Å². The van der Waals surface area contributed by atoms with Crippen LogP contribution >= 0.6 is 0 Å². The maximum Gasteiger partial charge on any atom is 0.119 e. The zero-order chi connectivity index (χ0) is 12.0. The molecule has 0 aliphatic rings. The highest BCUT2D eigenvalue weighted by Crippen LogP contribution is 2.18. The predicted octanol–water partition coefficient (Wildman–Crippen LogP) is 2.92. The molecule has 0 saturated heterocycles. The van der Waals surface area contributed by atoms with Crippen LogP contribution in [0.15, 0.2) is 18.2 Å². The molecule has 0 spiro atoms. The van der Waals surface area contributed by atoms with E-state index in [1.54, 1.807) is 0 Å². The summed E-state index contributed by atoms with van der Waals surface area (Å²) in [6, 6.07) is 6.33. The Labute approximate surface area is 98.8 Å². The third kappa shape index (κ3) is 4.23. The molecule has 2 heteroatoms. The van der Waals surface area contributed by atoms with Crippen LogP contribution in [0.4, 0.5) is 0 Å². The Morgan fingerprint density at radius 1 is 1.31 bits per heavy atom. The first kappa shape index (κ1) is 13.0. The van der Waals surface area contributed by atoms with Crippen molar-refractivity contribution in [1.29, 1.82) is 0 Å². The molecule has 1 aromatic carbocycles. The molecule has 90 valence electrons. The molecule has 2 N–H and O–H groups in total. The van der Waals surface area contributed by atoms with E-state index < -0.39 is 0 Å². The first-order chi connectivity index (χ1) is 7.63. The van der Waals surface area contributed by atoms with E-state index in [1.807, 2.05) is 0 Å². The summed E-state index contributed by atoms with van der Waals surface area (Å²) in [6.45, 7) is 7.98. The SMILES string of the molecule is Cc1cc(OCC(C)C)ccc1CCCN. The van der Waals surface area contributed by atoms with E-state index in [0.717, 1.165) is 31.7 Å². The van der Waals surface area contributed by atoms with Crippen LogP contribution < -0.4 is 10.5 Å². The van der Waals surface area contributed by atoms with Crippen molar-refractivity contribution in [3.8, 4) is 5.75 Å². The number of nitrogens with two attached hydrogens (primary N) is 1. The quantitative estimate of drug-likeness (QED) is 0.801. The van der Waals surface area contributed by atoms with Gasteiger partial charge in [-0.3, -0.25) is 0 Å². The van der Waals surface area contributed by atoms with Gasteiger partial charge in [-0.15, -0.1) is 0 Å². The van der Waals surface area contributed by atoms with Crippen LogP contribution in [-0.4, -0.2) is 13.2 Å². The van der Waals surface area contributed by atoms with Crippen LogP contribution in [0.25, 0.3) is 0 Å². The van der Waals surface area contributed by atoms with Gasteiger partial charge < -0.3 is 10.5 Å². The first-order valence-electron chi connectivity index (χ1n) is 6.06. The molecule has 0 amide bonds. The first-order valence-corrected chi connectivity index (χ1v) is 6.06. The van der Waals surface area contributed by atoms with Crippen molar-refractivity contribution in [1.82, 2.24) is 0 Å². The number of ether oxygens (including phenoxy) is 1. The second-order valence-electron chi connectivity index (χ2n) is 4.69. The predicted molar refractivity (Wildman–Crippen MR) is 68.9 cm³/mol. The molecular formula is C14H23NO. The molecule has 0 heterocycles. The molecule has 2 nitrogen and oxygen atoms in total. The molecular weight excluding hydrogens is 198 g/mol. The van der Waals surface area contributed by atoms with Crippen molar-refractivity contribution in [3.05, 3.63) is 29.3 Å². The normalized spacial score (nSPS) is 10.8. The van der Waals surface area contributed by atoms with E-state index in [9.17, 15) is 0 Å². The van der Waals surface area contributed by atoms with Gasteiger partial charge in [0.2, 0.25) is 0 Å². The van der Waals surface area contributed by atoms with Gasteiger partial charge in [0.1, 0.15) is 5.75 Å². The molecule has 16 heavy (non-hydrogen) atoms. The van der Waals surface area contributed by atoms with Crippen LogP contribution in [0.1, 0.15) is 31.4 Å². The molecule has 0 saturated carbocycles. The summed E-state index contributed by atoms with van der Waals surface area (Å²) in [4.78, 5) is 0. The van der Waals surface area contributed by atoms with Gasteiger partial charge in [-0.1, -0.05) is 19.9 Å². The van der Waals surface area contributed by atoms with Crippen LogP contribution in [0.2, 0.25) is 0 Å². The molecule has 0 bridgehead atoms. The number of hydrogen-bond donors (Lipinski definition) is 1. The number of benzene rings is 1. The Hall–Kier alpha value is -1.02. The fourth-order valence-electron chi connectivity index (χ4n) is 1.59. The molecule has 0 aliphatic carbocycles. The lowest BCUT2D eigenvalue weighted by Crippen LogP contribution is -2.05. The summed E-state index contributed by atoms with van der Waals surface area (Å²) in [6.07, 6.45) is 2.11. The summed E-state index contributed by atoms with van der Waals surface area (Å²) in [5, 5.41) is 0. The topological polar surface area (TPSA) is 35.2 Å². The van der Waals surface area contributed by atoms with Crippen molar-refractivity contribution in [2.24, 2.45) is 11.7 Å². The average Bonchev–Trinajstić information content (AvgIpc) is 2.25. The lowest BCUT2D eigenvalue weighted by molar-refractivity contribution is 0.271. The second kappa shape index (κ2) is 6.54. The lowest BCUT2D eigenvalue weighted by atomic mass is 10.0. The minimum atomic E-state index is 0.567. The maximum atomic E-state index is 5.68. The smallest absolute Gasteiger partial charge is 0.119 e. The van der Waals surface area contributed by atoms with Crippen molar-refractivity contribution < 1.29 is 4.74 Å². The van der Waals surface area contributed by atoms with E-state index in [1.165, 1.54) is 11.1 Å². The summed E-state index contributed by atoms with van der Waals surface area (Å²) >= 11 is 0. The Morgan fingerprint density at radius 2 is 2.06 bits per heavy atom. The number of rotatable bonds is 6.